The van der Waals surface area contributed by atoms with E-state index in [4.69, 9.17) is 0 Å². The number of aromatic nitrogens is 1. The SMILES string of the molecule is Cc1c(C(=O)NCC[NH+]2CCCC2)cc(-c2ccccc2)n1-c1ccc(F)cc1. The largest absolute Gasteiger partial charge is 0.346 e. The predicted octanol–water partition coefficient (Wildman–Crippen LogP) is 3.00. The summed E-state index contributed by atoms with van der Waals surface area (Å²) in [7, 11) is 0. The fraction of sp³-hybridized carbons (Fsp3) is 0.292. The van der Waals surface area contributed by atoms with E-state index in [1.807, 2.05) is 47.9 Å². The highest BCUT2D eigenvalue weighted by molar-refractivity contribution is 5.97. The molecule has 1 aromatic heterocycles. The lowest BCUT2D eigenvalue weighted by molar-refractivity contribution is -0.886. The first-order chi connectivity index (χ1) is 14.1. The van der Waals surface area contributed by atoms with E-state index in [-0.39, 0.29) is 11.7 Å². The van der Waals surface area contributed by atoms with Crippen molar-refractivity contribution in [2.24, 2.45) is 0 Å². The van der Waals surface area contributed by atoms with Gasteiger partial charge in [-0.15, -0.1) is 0 Å². The van der Waals surface area contributed by atoms with Crippen LogP contribution < -0.4 is 10.2 Å². The first-order valence-electron chi connectivity index (χ1n) is 10.3. The van der Waals surface area contributed by atoms with Gasteiger partial charge in [0.05, 0.1) is 37.4 Å². The third kappa shape index (κ3) is 4.25. The maximum absolute atomic E-state index is 13.5. The fourth-order valence-electron chi connectivity index (χ4n) is 4.15. The number of hydrogen-bond donors (Lipinski definition) is 2. The number of rotatable bonds is 6. The maximum atomic E-state index is 13.5. The molecule has 0 aliphatic carbocycles. The molecule has 0 bridgehead atoms. The van der Waals surface area contributed by atoms with Crippen LogP contribution >= 0.6 is 0 Å². The highest BCUT2D eigenvalue weighted by Crippen LogP contribution is 2.29. The highest BCUT2D eigenvalue weighted by atomic mass is 19.1. The molecule has 1 aliphatic heterocycles. The zero-order valence-corrected chi connectivity index (χ0v) is 16.7. The number of nitrogens with zero attached hydrogens (tertiary/aromatic N) is 1. The Balaban J connectivity index is 1.64. The van der Waals surface area contributed by atoms with E-state index in [9.17, 15) is 9.18 Å². The van der Waals surface area contributed by atoms with Crippen molar-refractivity contribution in [3.63, 3.8) is 0 Å². The van der Waals surface area contributed by atoms with Crippen LogP contribution in [0, 0.1) is 12.7 Å². The second kappa shape index (κ2) is 8.62. The maximum Gasteiger partial charge on any atom is 0.253 e. The molecule has 29 heavy (non-hydrogen) atoms. The molecule has 1 amide bonds. The van der Waals surface area contributed by atoms with Crippen molar-refractivity contribution < 1.29 is 14.1 Å². The van der Waals surface area contributed by atoms with E-state index in [2.05, 4.69) is 5.32 Å². The summed E-state index contributed by atoms with van der Waals surface area (Å²) in [5.74, 6) is -0.332. The molecule has 1 fully saturated rings. The second-order valence-electron chi connectivity index (χ2n) is 7.67. The monoisotopic (exact) mass is 392 g/mol. The molecule has 2 aromatic carbocycles. The Hall–Kier alpha value is -2.92. The van der Waals surface area contributed by atoms with Crippen molar-refractivity contribution in [3.8, 4) is 16.9 Å². The molecule has 150 valence electrons. The van der Waals surface area contributed by atoms with Crippen molar-refractivity contribution in [2.45, 2.75) is 19.8 Å². The van der Waals surface area contributed by atoms with E-state index in [0.717, 1.165) is 29.2 Å². The minimum atomic E-state index is -0.276. The van der Waals surface area contributed by atoms with Gasteiger partial charge in [-0.1, -0.05) is 30.3 Å². The predicted molar refractivity (Wildman–Crippen MR) is 113 cm³/mol. The number of carbonyl (C=O) groups is 1. The Morgan fingerprint density at radius 2 is 1.76 bits per heavy atom. The van der Waals surface area contributed by atoms with Gasteiger partial charge < -0.3 is 14.8 Å². The topological polar surface area (TPSA) is 38.5 Å². The third-order valence-electron chi connectivity index (χ3n) is 5.72. The Kier molecular flexibility index (Phi) is 5.76. The molecule has 1 aliphatic rings. The summed E-state index contributed by atoms with van der Waals surface area (Å²) in [6, 6.07) is 18.3. The van der Waals surface area contributed by atoms with Crippen LogP contribution in [0.25, 0.3) is 16.9 Å². The van der Waals surface area contributed by atoms with Gasteiger partial charge in [-0.3, -0.25) is 4.79 Å². The number of hydrogen-bond acceptors (Lipinski definition) is 1. The number of halogens is 1. The quantitative estimate of drug-likeness (QED) is 0.665. The molecule has 0 spiro atoms. The summed E-state index contributed by atoms with van der Waals surface area (Å²) < 4.78 is 15.5. The number of benzene rings is 2. The average Bonchev–Trinajstić information content (AvgIpc) is 3.37. The lowest BCUT2D eigenvalue weighted by Crippen LogP contribution is -3.10. The van der Waals surface area contributed by atoms with Gasteiger partial charge >= 0.3 is 0 Å². The average molecular weight is 392 g/mol. The summed E-state index contributed by atoms with van der Waals surface area (Å²) in [5, 5.41) is 3.09. The minimum Gasteiger partial charge on any atom is -0.346 e. The van der Waals surface area contributed by atoms with Gasteiger partial charge in [0.2, 0.25) is 0 Å². The van der Waals surface area contributed by atoms with Gasteiger partial charge in [-0.05, 0) is 42.8 Å². The highest BCUT2D eigenvalue weighted by Gasteiger charge is 2.20. The van der Waals surface area contributed by atoms with Crippen molar-refractivity contribution in [3.05, 3.63) is 77.7 Å². The van der Waals surface area contributed by atoms with Crippen LogP contribution in [0.3, 0.4) is 0 Å². The van der Waals surface area contributed by atoms with Crippen molar-refractivity contribution in [1.82, 2.24) is 9.88 Å². The molecule has 2 heterocycles. The lowest BCUT2D eigenvalue weighted by Gasteiger charge is -2.13. The lowest BCUT2D eigenvalue weighted by atomic mass is 10.1. The van der Waals surface area contributed by atoms with Crippen molar-refractivity contribution in [2.75, 3.05) is 26.2 Å². The number of nitrogens with one attached hydrogen (secondary N) is 2. The summed E-state index contributed by atoms with van der Waals surface area (Å²) in [5.41, 5.74) is 4.28. The molecular weight excluding hydrogens is 365 g/mol. The molecule has 5 heteroatoms. The van der Waals surface area contributed by atoms with E-state index < -0.39 is 0 Å². The standard InChI is InChI=1S/C24H26FN3O/c1-18-22(24(29)26-13-16-27-14-5-6-15-27)17-23(19-7-3-2-4-8-19)28(18)21-11-9-20(25)10-12-21/h2-4,7-12,17H,5-6,13-16H2,1H3,(H,26,29)/p+1. The molecule has 4 nitrogen and oxygen atoms in total. The molecule has 0 atom stereocenters. The van der Waals surface area contributed by atoms with Gasteiger partial charge in [-0.2, -0.15) is 0 Å². The van der Waals surface area contributed by atoms with Crippen LogP contribution in [0.1, 0.15) is 28.9 Å². The summed E-state index contributed by atoms with van der Waals surface area (Å²) in [6.45, 7) is 5.99. The summed E-state index contributed by atoms with van der Waals surface area (Å²) in [4.78, 5) is 14.5. The molecule has 2 N–H and O–H groups in total. The molecule has 3 aromatic rings. The number of quaternary nitrogens is 1. The van der Waals surface area contributed by atoms with Crippen molar-refractivity contribution in [1.29, 1.82) is 0 Å². The Labute approximate surface area is 171 Å². The van der Waals surface area contributed by atoms with Crippen molar-refractivity contribution >= 4 is 5.91 Å². The Morgan fingerprint density at radius 3 is 2.45 bits per heavy atom. The molecule has 0 unspecified atom stereocenters. The van der Waals surface area contributed by atoms with Gasteiger partial charge in [0.1, 0.15) is 5.82 Å². The van der Waals surface area contributed by atoms with Gasteiger partial charge in [-0.25, -0.2) is 4.39 Å². The zero-order valence-electron chi connectivity index (χ0n) is 16.7. The molecule has 0 saturated carbocycles. The second-order valence-corrected chi connectivity index (χ2v) is 7.67. The van der Waals surface area contributed by atoms with E-state index in [1.165, 1.54) is 38.1 Å². The number of amides is 1. The summed E-state index contributed by atoms with van der Waals surface area (Å²) >= 11 is 0. The Morgan fingerprint density at radius 1 is 1.07 bits per heavy atom. The zero-order chi connectivity index (χ0) is 20.2. The first kappa shape index (κ1) is 19.4. The normalized spacial score (nSPS) is 14.3. The van der Waals surface area contributed by atoms with Crippen LogP contribution in [-0.2, 0) is 0 Å². The molecule has 4 rings (SSSR count). The molecule has 1 saturated heterocycles. The summed E-state index contributed by atoms with van der Waals surface area (Å²) in [6.07, 6.45) is 2.56. The van der Waals surface area contributed by atoms with Gasteiger partial charge in [0.15, 0.2) is 0 Å². The van der Waals surface area contributed by atoms with Crippen LogP contribution in [0.5, 0.6) is 0 Å². The van der Waals surface area contributed by atoms with E-state index in [0.29, 0.717) is 12.1 Å². The van der Waals surface area contributed by atoms with E-state index >= 15 is 0 Å². The van der Waals surface area contributed by atoms with Crippen LogP contribution in [-0.4, -0.2) is 36.7 Å². The van der Waals surface area contributed by atoms with Crippen LogP contribution in [0.4, 0.5) is 4.39 Å². The third-order valence-corrected chi connectivity index (χ3v) is 5.72. The molecule has 0 radical (unpaired) electrons. The van der Waals surface area contributed by atoms with Crippen LogP contribution in [0.15, 0.2) is 60.7 Å². The molecular formula is C24H27FN3O+. The van der Waals surface area contributed by atoms with Gasteiger partial charge in [0, 0.05) is 24.2 Å². The fourth-order valence-corrected chi connectivity index (χ4v) is 4.15. The van der Waals surface area contributed by atoms with E-state index in [1.54, 1.807) is 17.0 Å². The Bertz CT molecular complexity index is 973. The minimum absolute atomic E-state index is 0.0564. The number of carbonyl (C=O) groups excluding carboxylic acids is 1. The first-order valence-corrected chi connectivity index (χ1v) is 10.3. The van der Waals surface area contributed by atoms with Crippen LogP contribution in [0.2, 0.25) is 0 Å². The number of likely N-dealkylation sites (tertiary alicyclic amines) is 1. The smallest absolute Gasteiger partial charge is 0.253 e. The van der Waals surface area contributed by atoms with Gasteiger partial charge in [0.25, 0.3) is 5.91 Å².